The molecule has 124 valence electrons. The molecular formula is C17H16Cl2N4O. The smallest absolute Gasteiger partial charge is 0.270 e. The monoisotopic (exact) mass is 362 g/mol. The van der Waals surface area contributed by atoms with Crippen LogP contribution in [0.1, 0.15) is 30.8 Å². The first kappa shape index (κ1) is 16.7. The predicted molar refractivity (Wildman–Crippen MR) is 95.7 cm³/mol. The Hall–Kier alpha value is -2.11. The van der Waals surface area contributed by atoms with Crippen molar-refractivity contribution in [2.75, 3.05) is 0 Å². The fourth-order valence-electron chi connectivity index (χ4n) is 2.26. The molecule has 24 heavy (non-hydrogen) atoms. The molecule has 0 aliphatic rings. The Labute approximate surface area is 149 Å². The van der Waals surface area contributed by atoms with Crippen LogP contribution in [0.2, 0.25) is 10.0 Å². The van der Waals surface area contributed by atoms with Crippen molar-refractivity contribution in [1.29, 1.82) is 0 Å². The summed E-state index contributed by atoms with van der Waals surface area (Å²) in [5, 5.41) is 8.12. The SMILES string of the molecule is CCC(C)NC(=O)c1ccn2ncc(-c3ccc(Cl)c(Cl)c3)c2n1. The van der Waals surface area contributed by atoms with Crippen molar-refractivity contribution >= 4 is 34.8 Å². The van der Waals surface area contributed by atoms with Crippen LogP contribution in [-0.2, 0) is 0 Å². The second-order valence-corrected chi connectivity index (χ2v) is 6.37. The molecule has 3 rings (SSSR count). The minimum atomic E-state index is -0.201. The summed E-state index contributed by atoms with van der Waals surface area (Å²) in [6, 6.07) is 7.07. The number of halogens is 2. The average Bonchev–Trinajstić information content (AvgIpc) is 3.00. The Morgan fingerprint density at radius 1 is 1.29 bits per heavy atom. The topological polar surface area (TPSA) is 59.3 Å². The van der Waals surface area contributed by atoms with Gasteiger partial charge >= 0.3 is 0 Å². The van der Waals surface area contributed by atoms with Crippen LogP contribution in [0.5, 0.6) is 0 Å². The van der Waals surface area contributed by atoms with Gasteiger partial charge in [-0.05, 0) is 37.1 Å². The summed E-state index contributed by atoms with van der Waals surface area (Å²) in [6.07, 6.45) is 4.27. The maximum absolute atomic E-state index is 12.3. The first-order valence-corrected chi connectivity index (χ1v) is 8.36. The maximum Gasteiger partial charge on any atom is 0.270 e. The molecule has 7 heteroatoms. The lowest BCUT2D eigenvalue weighted by atomic mass is 10.1. The molecule has 0 spiro atoms. The van der Waals surface area contributed by atoms with Gasteiger partial charge in [0.1, 0.15) is 5.69 Å². The molecule has 0 aliphatic heterocycles. The molecule has 1 N–H and O–H groups in total. The van der Waals surface area contributed by atoms with Crippen molar-refractivity contribution in [3.8, 4) is 11.1 Å². The number of rotatable bonds is 4. The summed E-state index contributed by atoms with van der Waals surface area (Å²) in [6.45, 7) is 3.97. The summed E-state index contributed by atoms with van der Waals surface area (Å²) in [5.41, 5.74) is 2.56. The number of hydrogen-bond donors (Lipinski definition) is 1. The van der Waals surface area contributed by atoms with E-state index in [0.29, 0.717) is 21.4 Å². The number of nitrogens with zero attached hydrogens (tertiary/aromatic N) is 3. The van der Waals surface area contributed by atoms with Gasteiger partial charge in [-0.2, -0.15) is 5.10 Å². The van der Waals surface area contributed by atoms with E-state index in [-0.39, 0.29) is 11.9 Å². The molecule has 0 fully saturated rings. The number of carbonyl (C=O) groups excluding carboxylic acids is 1. The van der Waals surface area contributed by atoms with E-state index in [0.717, 1.165) is 17.5 Å². The first-order valence-electron chi connectivity index (χ1n) is 7.60. The van der Waals surface area contributed by atoms with Crippen LogP contribution >= 0.6 is 23.2 Å². The highest BCUT2D eigenvalue weighted by Gasteiger charge is 2.14. The fourth-order valence-corrected chi connectivity index (χ4v) is 2.56. The van der Waals surface area contributed by atoms with Gasteiger partial charge in [-0.1, -0.05) is 36.2 Å². The lowest BCUT2D eigenvalue weighted by Gasteiger charge is -2.11. The van der Waals surface area contributed by atoms with E-state index in [4.69, 9.17) is 23.2 Å². The molecule has 0 saturated heterocycles. The predicted octanol–water partition coefficient (Wildman–Crippen LogP) is 4.23. The molecule has 0 bridgehead atoms. The van der Waals surface area contributed by atoms with Crippen molar-refractivity contribution in [3.05, 3.63) is 52.4 Å². The molecule has 1 unspecified atom stereocenters. The van der Waals surface area contributed by atoms with Gasteiger partial charge in [-0.15, -0.1) is 0 Å². The van der Waals surface area contributed by atoms with Gasteiger partial charge < -0.3 is 5.32 Å². The zero-order chi connectivity index (χ0) is 17.3. The molecule has 2 aromatic heterocycles. The molecule has 1 atom stereocenters. The van der Waals surface area contributed by atoms with Crippen LogP contribution in [0.25, 0.3) is 16.8 Å². The van der Waals surface area contributed by atoms with Crippen molar-refractivity contribution in [2.24, 2.45) is 0 Å². The number of amides is 1. The lowest BCUT2D eigenvalue weighted by molar-refractivity contribution is 0.0934. The minimum absolute atomic E-state index is 0.0926. The van der Waals surface area contributed by atoms with E-state index in [1.807, 2.05) is 19.9 Å². The highest BCUT2D eigenvalue weighted by molar-refractivity contribution is 6.42. The zero-order valence-electron chi connectivity index (χ0n) is 13.3. The standard InChI is InChI=1S/C17H16Cl2N4O/c1-3-10(2)21-17(24)15-6-7-23-16(22-15)12(9-20-23)11-4-5-13(18)14(19)8-11/h4-10H,3H2,1-2H3,(H,21,24). The van der Waals surface area contributed by atoms with E-state index < -0.39 is 0 Å². The van der Waals surface area contributed by atoms with Gasteiger partial charge in [0.2, 0.25) is 0 Å². The molecule has 0 radical (unpaired) electrons. The lowest BCUT2D eigenvalue weighted by Crippen LogP contribution is -2.32. The van der Waals surface area contributed by atoms with Crippen molar-refractivity contribution in [3.63, 3.8) is 0 Å². The number of aromatic nitrogens is 3. The summed E-state index contributed by atoms with van der Waals surface area (Å²) < 4.78 is 1.62. The molecule has 3 aromatic rings. The van der Waals surface area contributed by atoms with Gasteiger partial charge in [0.25, 0.3) is 5.91 Å². The van der Waals surface area contributed by atoms with Gasteiger partial charge in [-0.3, -0.25) is 4.79 Å². The van der Waals surface area contributed by atoms with Gasteiger partial charge in [-0.25, -0.2) is 9.50 Å². The van der Waals surface area contributed by atoms with Crippen molar-refractivity contribution in [1.82, 2.24) is 19.9 Å². The number of carbonyl (C=O) groups is 1. The Morgan fingerprint density at radius 2 is 2.08 bits per heavy atom. The largest absolute Gasteiger partial charge is 0.348 e. The van der Waals surface area contributed by atoms with Gasteiger partial charge in [0.05, 0.1) is 16.2 Å². The molecule has 0 aliphatic carbocycles. The Balaban J connectivity index is 2.02. The van der Waals surface area contributed by atoms with E-state index in [9.17, 15) is 4.79 Å². The quantitative estimate of drug-likeness (QED) is 0.755. The van der Waals surface area contributed by atoms with Crippen LogP contribution in [0.3, 0.4) is 0 Å². The van der Waals surface area contributed by atoms with Gasteiger partial charge in [0, 0.05) is 17.8 Å². The van der Waals surface area contributed by atoms with Crippen molar-refractivity contribution < 1.29 is 4.79 Å². The highest BCUT2D eigenvalue weighted by Crippen LogP contribution is 2.30. The zero-order valence-corrected chi connectivity index (χ0v) is 14.8. The molecular weight excluding hydrogens is 347 g/mol. The third kappa shape index (κ3) is 3.23. The van der Waals surface area contributed by atoms with E-state index in [2.05, 4.69) is 15.4 Å². The number of hydrogen-bond acceptors (Lipinski definition) is 3. The average molecular weight is 363 g/mol. The molecule has 1 aromatic carbocycles. The van der Waals surface area contributed by atoms with E-state index >= 15 is 0 Å². The fraction of sp³-hybridized carbons (Fsp3) is 0.235. The van der Waals surface area contributed by atoms with Crippen LogP contribution in [0, 0.1) is 0 Å². The van der Waals surface area contributed by atoms with Crippen LogP contribution in [0.15, 0.2) is 36.7 Å². The Morgan fingerprint density at radius 3 is 2.79 bits per heavy atom. The normalized spacial score (nSPS) is 12.3. The van der Waals surface area contributed by atoms with Gasteiger partial charge in [0.15, 0.2) is 5.65 Å². The second-order valence-electron chi connectivity index (χ2n) is 5.55. The van der Waals surface area contributed by atoms with Crippen LogP contribution in [0.4, 0.5) is 0 Å². The summed E-state index contributed by atoms with van der Waals surface area (Å²) in [5.74, 6) is -0.201. The Bertz CT molecular complexity index is 907. The minimum Gasteiger partial charge on any atom is -0.348 e. The summed E-state index contributed by atoms with van der Waals surface area (Å²) in [7, 11) is 0. The third-order valence-corrected chi connectivity index (χ3v) is 4.56. The summed E-state index contributed by atoms with van der Waals surface area (Å²) in [4.78, 5) is 16.7. The molecule has 2 heterocycles. The highest BCUT2D eigenvalue weighted by atomic mass is 35.5. The third-order valence-electron chi connectivity index (χ3n) is 3.82. The maximum atomic E-state index is 12.3. The second kappa shape index (κ2) is 6.79. The van der Waals surface area contributed by atoms with E-state index in [1.54, 1.807) is 35.1 Å². The van der Waals surface area contributed by atoms with E-state index in [1.165, 1.54) is 0 Å². The summed E-state index contributed by atoms with van der Waals surface area (Å²) >= 11 is 12.1. The molecule has 5 nitrogen and oxygen atoms in total. The van der Waals surface area contributed by atoms with Crippen LogP contribution in [-0.4, -0.2) is 26.5 Å². The molecule has 1 amide bonds. The number of fused-ring (bicyclic) bond motifs is 1. The number of benzene rings is 1. The molecule has 0 saturated carbocycles. The Kier molecular flexibility index (Phi) is 4.73. The van der Waals surface area contributed by atoms with Crippen LogP contribution < -0.4 is 5.32 Å². The first-order chi connectivity index (χ1) is 11.5. The number of nitrogens with one attached hydrogen (secondary N) is 1. The van der Waals surface area contributed by atoms with Crippen molar-refractivity contribution in [2.45, 2.75) is 26.3 Å².